The van der Waals surface area contributed by atoms with E-state index in [1.54, 1.807) is 6.33 Å². The summed E-state index contributed by atoms with van der Waals surface area (Å²) in [5.41, 5.74) is 2.13. The molecular weight excluding hydrogens is 362 g/mol. The first kappa shape index (κ1) is 19.0. The van der Waals surface area contributed by atoms with Crippen LogP contribution in [0.2, 0.25) is 5.02 Å². The first-order chi connectivity index (χ1) is 13.1. The topological polar surface area (TPSA) is 63.3 Å². The fourth-order valence-corrected chi connectivity index (χ4v) is 3.10. The molecule has 0 atom stereocenters. The van der Waals surface area contributed by atoms with Gasteiger partial charge in [0.25, 0.3) is 0 Å². The van der Waals surface area contributed by atoms with Gasteiger partial charge in [-0.05, 0) is 25.1 Å². The number of aliphatic imine (C=N–C) groups is 1. The van der Waals surface area contributed by atoms with Crippen LogP contribution in [0.5, 0.6) is 0 Å². The van der Waals surface area contributed by atoms with Gasteiger partial charge in [0.05, 0.1) is 11.6 Å². The summed E-state index contributed by atoms with van der Waals surface area (Å²) < 4.78 is 3.97. The maximum atomic E-state index is 6.09. The van der Waals surface area contributed by atoms with E-state index in [1.807, 2.05) is 65.8 Å². The quantitative estimate of drug-likeness (QED) is 0.523. The molecule has 0 saturated heterocycles. The lowest BCUT2D eigenvalue weighted by atomic mass is 10.3. The third kappa shape index (κ3) is 4.68. The Morgan fingerprint density at radius 3 is 2.74 bits per heavy atom. The van der Waals surface area contributed by atoms with Crippen LogP contribution in [-0.4, -0.2) is 43.8 Å². The highest BCUT2D eigenvalue weighted by molar-refractivity contribution is 6.30. The van der Waals surface area contributed by atoms with E-state index in [2.05, 4.69) is 27.3 Å². The summed E-state index contributed by atoms with van der Waals surface area (Å²) in [4.78, 5) is 6.81. The smallest absolute Gasteiger partial charge is 0.194 e. The Morgan fingerprint density at radius 2 is 2.07 bits per heavy atom. The van der Waals surface area contributed by atoms with Gasteiger partial charge >= 0.3 is 0 Å². The fourth-order valence-electron chi connectivity index (χ4n) is 2.83. The van der Waals surface area contributed by atoms with E-state index in [-0.39, 0.29) is 0 Å². The molecule has 0 unspecified atom stereocenters. The van der Waals surface area contributed by atoms with Gasteiger partial charge in [0.15, 0.2) is 11.8 Å². The first-order valence-corrected chi connectivity index (χ1v) is 9.20. The van der Waals surface area contributed by atoms with E-state index in [1.165, 1.54) is 0 Å². The van der Waals surface area contributed by atoms with Gasteiger partial charge in [-0.2, -0.15) is 0 Å². The molecule has 0 radical (unpaired) electrons. The molecule has 3 aromatic rings. The lowest BCUT2D eigenvalue weighted by Gasteiger charge is -2.22. The fraction of sp³-hybridized carbons (Fsp3) is 0.316. The van der Waals surface area contributed by atoms with E-state index >= 15 is 0 Å². The third-order valence-electron chi connectivity index (χ3n) is 4.19. The molecule has 27 heavy (non-hydrogen) atoms. The number of nitrogens with zero attached hydrogens (tertiary/aromatic N) is 6. The van der Waals surface area contributed by atoms with Crippen LogP contribution in [0.25, 0.3) is 5.69 Å². The van der Waals surface area contributed by atoms with Gasteiger partial charge in [0.1, 0.15) is 12.9 Å². The summed E-state index contributed by atoms with van der Waals surface area (Å²) in [5, 5.41) is 12.3. The van der Waals surface area contributed by atoms with Crippen molar-refractivity contribution in [3.63, 3.8) is 0 Å². The molecular formula is C19H24ClN7. The first-order valence-electron chi connectivity index (χ1n) is 8.83. The van der Waals surface area contributed by atoms with Crippen molar-refractivity contribution in [3.05, 3.63) is 65.5 Å². The highest BCUT2D eigenvalue weighted by Gasteiger charge is 2.11. The van der Waals surface area contributed by atoms with Crippen molar-refractivity contribution < 1.29 is 0 Å². The Bertz CT molecular complexity index is 898. The van der Waals surface area contributed by atoms with E-state index < -0.39 is 0 Å². The second-order valence-electron chi connectivity index (χ2n) is 6.24. The number of halogens is 1. The van der Waals surface area contributed by atoms with Gasteiger partial charge in [-0.3, -0.25) is 4.57 Å². The van der Waals surface area contributed by atoms with Crippen molar-refractivity contribution in [3.8, 4) is 5.69 Å². The summed E-state index contributed by atoms with van der Waals surface area (Å²) in [7, 11) is 3.99. The van der Waals surface area contributed by atoms with Gasteiger partial charge in [0.2, 0.25) is 0 Å². The Balaban J connectivity index is 1.76. The minimum absolute atomic E-state index is 0.426. The molecule has 0 aliphatic carbocycles. The molecule has 0 fully saturated rings. The van der Waals surface area contributed by atoms with Crippen molar-refractivity contribution in [2.75, 3.05) is 13.6 Å². The van der Waals surface area contributed by atoms with Crippen LogP contribution < -0.4 is 5.32 Å². The lowest BCUT2D eigenvalue weighted by Crippen LogP contribution is -2.38. The van der Waals surface area contributed by atoms with E-state index in [4.69, 9.17) is 16.6 Å². The normalized spacial score (nSPS) is 11.6. The van der Waals surface area contributed by atoms with Crippen LogP contribution in [-0.2, 0) is 20.1 Å². The van der Waals surface area contributed by atoms with Crippen molar-refractivity contribution in [1.29, 1.82) is 0 Å². The maximum absolute atomic E-state index is 6.09. The van der Waals surface area contributed by atoms with Gasteiger partial charge in [-0.1, -0.05) is 29.8 Å². The van der Waals surface area contributed by atoms with Crippen LogP contribution in [0, 0.1) is 0 Å². The highest BCUT2D eigenvalue weighted by atomic mass is 35.5. The van der Waals surface area contributed by atoms with Crippen LogP contribution in [0.15, 0.2) is 53.9 Å². The predicted octanol–water partition coefficient (Wildman–Crippen LogP) is 2.86. The van der Waals surface area contributed by atoms with Crippen molar-refractivity contribution >= 4 is 17.6 Å². The highest BCUT2D eigenvalue weighted by Crippen LogP contribution is 2.14. The van der Waals surface area contributed by atoms with Gasteiger partial charge in [-0.25, -0.2) is 4.99 Å². The zero-order valence-electron chi connectivity index (χ0n) is 15.8. The monoisotopic (exact) mass is 385 g/mol. The molecule has 0 bridgehead atoms. The number of aryl methyl sites for hydroxylation is 1. The van der Waals surface area contributed by atoms with Gasteiger partial charge in [-0.15, -0.1) is 10.2 Å². The largest absolute Gasteiger partial charge is 0.357 e. The standard InChI is InChI=1S/C19H24ClN7/c1-4-21-19(26(3)13-17-10-15(20)12-25(17)2)22-11-18-24-23-14-27(18)16-8-6-5-7-9-16/h5-10,12,14H,4,11,13H2,1-3H3,(H,21,22). The molecule has 2 heterocycles. The van der Waals surface area contributed by atoms with Gasteiger partial charge in [0, 0.05) is 38.2 Å². The summed E-state index contributed by atoms with van der Waals surface area (Å²) >= 11 is 6.09. The number of para-hydroxylation sites is 1. The minimum atomic E-state index is 0.426. The van der Waals surface area contributed by atoms with Crippen molar-refractivity contribution in [2.24, 2.45) is 12.0 Å². The van der Waals surface area contributed by atoms with Crippen LogP contribution >= 0.6 is 11.6 Å². The molecule has 8 heteroatoms. The van der Waals surface area contributed by atoms with E-state index in [0.717, 1.165) is 34.7 Å². The Labute approximate surface area is 164 Å². The van der Waals surface area contributed by atoms with E-state index in [0.29, 0.717) is 13.1 Å². The second kappa shape index (κ2) is 8.73. The second-order valence-corrected chi connectivity index (χ2v) is 6.68. The third-order valence-corrected chi connectivity index (χ3v) is 4.40. The lowest BCUT2D eigenvalue weighted by molar-refractivity contribution is 0.461. The molecule has 0 spiro atoms. The van der Waals surface area contributed by atoms with Crippen LogP contribution in [0.3, 0.4) is 0 Å². The summed E-state index contributed by atoms with van der Waals surface area (Å²) in [6.07, 6.45) is 3.61. The summed E-state index contributed by atoms with van der Waals surface area (Å²) in [6.45, 7) is 3.95. The molecule has 142 valence electrons. The summed E-state index contributed by atoms with van der Waals surface area (Å²) in [5.74, 6) is 1.59. The van der Waals surface area contributed by atoms with Crippen LogP contribution in [0.1, 0.15) is 18.4 Å². The van der Waals surface area contributed by atoms with Crippen molar-refractivity contribution in [1.82, 2.24) is 29.5 Å². The van der Waals surface area contributed by atoms with Gasteiger partial charge < -0.3 is 14.8 Å². The average Bonchev–Trinajstić information content (AvgIpc) is 3.25. The Kier molecular flexibility index (Phi) is 6.13. The molecule has 1 aromatic carbocycles. The average molecular weight is 386 g/mol. The molecule has 0 aliphatic rings. The number of aromatic nitrogens is 4. The van der Waals surface area contributed by atoms with E-state index in [9.17, 15) is 0 Å². The Hall–Kier alpha value is -2.80. The SMILES string of the molecule is CCNC(=NCc1nncn1-c1ccccc1)N(C)Cc1cc(Cl)cn1C. The minimum Gasteiger partial charge on any atom is -0.357 e. The molecule has 1 N–H and O–H groups in total. The summed E-state index contributed by atoms with van der Waals surface area (Å²) in [6, 6.07) is 12.0. The number of nitrogens with one attached hydrogen (secondary N) is 1. The molecule has 0 amide bonds. The molecule has 0 aliphatic heterocycles. The molecule has 0 saturated carbocycles. The number of rotatable bonds is 6. The molecule has 3 rings (SSSR count). The maximum Gasteiger partial charge on any atom is 0.194 e. The van der Waals surface area contributed by atoms with Crippen LogP contribution in [0.4, 0.5) is 0 Å². The zero-order chi connectivity index (χ0) is 19.2. The zero-order valence-corrected chi connectivity index (χ0v) is 16.6. The van der Waals surface area contributed by atoms with Crippen molar-refractivity contribution in [2.45, 2.75) is 20.0 Å². The molecule has 7 nitrogen and oxygen atoms in total. The number of guanidine groups is 1. The molecule has 2 aromatic heterocycles. The Morgan fingerprint density at radius 1 is 1.30 bits per heavy atom. The number of benzene rings is 1. The predicted molar refractivity (Wildman–Crippen MR) is 108 cm³/mol. The number of hydrogen-bond acceptors (Lipinski definition) is 3. The number of hydrogen-bond donors (Lipinski definition) is 1.